The van der Waals surface area contributed by atoms with Gasteiger partial charge < -0.3 is 28.8 Å². The first-order chi connectivity index (χ1) is 32.5. The molecular weight excluding hydrogens is 852 g/mol. The lowest BCUT2D eigenvalue weighted by molar-refractivity contribution is -0.870. The van der Waals surface area contributed by atoms with E-state index in [1.165, 1.54) is 83.5 Å². The fourth-order valence-corrected chi connectivity index (χ4v) is 7.75. The molecule has 0 radical (unpaired) electrons. The zero-order valence-corrected chi connectivity index (χ0v) is 44.5. The molecule has 0 aliphatic rings. The molecule has 2 N–H and O–H groups in total. The quantitative estimate of drug-likeness (QED) is 0.0272. The van der Waals surface area contributed by atoms with Crippen LogP contribution in [0.4, 0.5) is 0 Å². The number of quaternary nitrogens is 1. The summed E-state index contributed by atoms with van der Waals surface area (Å²) in [5, 5.41) is 13.8. The minimum Gasteiger partial charge on any atom is -0.756 e. The zero-order valence-electron chi connectivity index (χ0n) is 43.6. The molecule has 0 fully saturated rings. The summed E-state index contributed by atoms with van der Waals surface area (Å²) in [4.78, 5) is 25.4. The van der Waals surface area contributed by atoms with E-state index >= 15 is 0 Å². The molecule has 1 amide bonds. The van der Waals surface area contributed by atoms with E-state index in [4.69, 9.17) is 9.05 Å². The van der Waals surface area contributed by atoms with Gasteiger partial charge in [0.1, 0.15) is 13.2 Å². The second-order valence-electron chi connectivity index (χ2n) is 18.8. The third kappa shape index (κ3) is 50.9. The van der Waals surface area contributed by atoms with Gasteiger partial charge in [-0.15, -0.1) is 0 Å². The first-order valence-electron chi connectivity index (χ1n) is 26.7. The maximum Gasteiger partial charge on any atom is 0.268 e. The molecule has 0 aromatic heterocycles. The minimum atomic E-state index is -4.61. The van der Waals surface area contributed by atoms with Gasteiger partial charge >= 0.3 is 0 Å². The lowest BCUT2D eigenvalue weighted by atomic mass is 10.1. The Balaban J connectivity index is 4.25. The molecule has 3 unspecified atom stereocenters. The van der Waals surface area contributed by atoms with Crippen LogP contribution in [-0.4, -0.2) is 68.5 Å². The first kappa shape index (κ1) is 64.2. The number of carbonyl (C=O) groups excluding carboxylic acids is 1. The molecule has 0 rings (SSSR count). The normalized spacial score (nSPS) is 14.9. The van der Waals surface area contributed by atoms with Gasteiger partial charge in [0.15, 0.2) is 0 Å². The van der Waals surface area contributed by atoms with Crippen molar-refractivity contribution in [3.63, 3.8) is 0 Å². The summed E-state index contributed by atoms with van der Waals surface area (Å²) in [6.07, 6.45) is 70.1. The number of hydrogen-bond donors (Lipinski definition) is 2. The summed E-state index contributed by atoms with van der Waals surface area (Å²) in [6.45, 7) is 4.48. The van der Waals surface area contributed by atoms with Crippen LogP contribution >= 0.6 is 7.82 Å². The molecule has 0 spiro atoms. The van der Waals surface area contributed by atoms with Crippen molar-refractivity contribution >= 4 is 13.7 Å². The molecule has 3 atom stereocenters. The van der Waals surface area contributed by atoms with E-state index < -0.39 is 26.6 Å². The number of unbranched alkanes of at least 4 members (excludes halogenated alkanes) is 18. The average molecular weight is 953 g/mol. The summed E-state index contributed by atoms with van der Waals surface area (Å²) in [7, 11) is 1.22. The van der Waals surface area contributed by atoms with Crippen molar-refractivity contribution in [1.29, 1.82) is 0 Å². The second-order valence-corrected chi connectivity index (χ2v) is 20.2. The van der Waals surface area contributed by atoms with Gasteiger partial charge in [-0.3, -0.25) is 9.36 Å². The minimum absolute atomic E-state index is 0.0131. The molecule has 0 bridgehead atoms. The number of phosphoric ester groups is 1. The number of carbonyl (C=O) groups is 1. The fourth-order valence-electron chi connectivity index (χ4n) is 7.03. The van der Waals surface area contributed by atoms with E-state index in [9.17, 15) is 19.4 Å². The number of likely N-dealkylation sites (N-methyl/N-ethyl adjacent to an activating group) is 1. The number of phosphoric acid groups is 1. The number of aliphatic hydroxyl groups excluding tert-OH is 1. The van der Waals surface area contributed by atoms with Crippen LogP contribution in [0.3, 0.4) is 0 Å². The van der Waals surface area contributed by atoms with Crippen LogP contribution in [0.1, 0.15) is 200 Å². The van der Waals surface area contributed by atoms with Crippen molar-refractivity contribution < 1.29 is 32.9 Å². The van der Waals surface area contributed by atoms with Crippen LogP contribution in [0.15, 0.2) is 109 Å². The molecule has 0 saturated carbocycles. The van der Waals surface area contributed by atoms with Crippen molar-refractivity contribution in [3.05, 3.63) is 109 Å². The first-order valence-corrected chi connectivity index (χ1v) is 28.2. The van der Waals surface area contributed by atoms with Gasteiger partial charge in [0.25, 0.3) is 7.82 Å². The summed E-state index contributed by atoms with van der Waals surface area (Å²) in [6, 6.07) is -0.913. The summed E-state index contributed by atoms with van der Waals surface area (Å²) < 4.78 is 23.2. The van der Waals surface area contributed by atoms with Crippen LogP contribution in [0.2, 0.25) is 0 Å². The highest BCUT2D eigenvalue weighted by Crippen LogP contribution is 2.38. The van der Waals surface area contributed by atoms with Gasteiger partial charge in [0.05, 0.1) is 39.9 Å². The van der Waals surface area contributed by atoms with Crippen molar-refractivity contribution in [3.8, 4) is 0 Å². The largest absolute Gasteiger partial charge is 0.756 e. The number of rotatable bonds is 47. The molecule has 0 heterocycles. The molecule has 0 aromatic rings. The van der Waals surface area contributed by atoms with E-state index in [2.05, 4.69) is 116 Å². The average Bonchev–Trinajstić information content (AvgIpc) is 3.29. The van der Waals surface area contributed by atoms with Gasteiger partial charge in [0, 0.05) is 6.42 Å². The Morgan fingerprint density at radius 1 is 0.537 bits per heavy atom. The maximum absolute atomic E-state index is 12.9. The SMILES string of the molecule is CC/C=C\C/C=C\C/C=C\C/C=C\C/C=C\C/C=C\C/C=C\CCCCCCCCCCCC(=O)NC(COP(=O)([O-])OCC[N+](C)(C)C)C(O)/C=C/CC/C=C/CCCCCCCCCC. The van der Waals surface area contributed by atoms with Gasteiger partial charge in [0.2, 0.25) is 5.91 Å². The van der Waals surface area contributed by atoms with Crippen LogP contribution in [-0.2, 0) is 18.4 Å². The Labute approximate surface area is 412 Å². The van der Waals surface area contributed by atoms with Crippen LogP contribution in [0, 0.1) is 0 Å². The molecule has 67 heavy (non-hydrogen) atoms. The smallest absolute Gasteiger partial charge is 0.268 e. The van der Waals surface area contributed by atoms with Gasteiger partial charge in [-0.1, -0.05) is 213 Å². The Hall–Kier alpha value is -2.84. The molecule has 0 aliphatic heterocycles. The number of amides is 1. The highest BCUT2D eigenvalue weighted by atomic mass is 31.2. The monoisotopic (exact) mass is 953 g/mol. The molecule has 0 saturated heterocycles. The van der Waals surface area contributed by atoms with Crippen molar-refractivity contribution in [1.82, 2.24) is 5.32 Å². The van der Waals surface area contributed by atoms with Crippen molar-refractivity contribution in [2.75, 3.05) is 40.9 Å². The maximum atomic E-state index is 12.9. The molecule has 8 nitrogen and oxygen atoms in total. The fraction of sp³-hybridized carbons (Fsp3) is 0.672. The molecule has 384 valence electrons. The molecule has 0 aromatic carbocycles. The van der Waals surface area contributed by atoms with Gasteiger partial charge in [-0.05, 0) is 89.9 Å². The van der Waals surface area contributed by atoms with Gasteiger partial charge in [-0.2, -0.15) is 0 Å². The van der Waals surface area contributed by atoms with Crippen molar-refractivity contribution in [2.45, 2.75) is 212 Å². The second kappa shape index (κ2) is 48.2. The van der Waals surface area contributed by atoms with E-state index in [1.54, 1.807) is 6.08 Å². The molecular formula is C58H101N2O6P. The van der Waals surface area contributed by atoms with E-state index in [0.29, 0.717) is 17.4 Å². The number of allylic oxidation sites excluding steroid dienone is 17. The standard InChI is InChI=1S/C58H101N2O6P/c1-6-8-10-12-14-16-18-20-22-23-24-25-26-27-28-29-30-31-32-33-34-35-36-37-38-40-42-44-46-48-50-52-58(62)59-56(55-66-67(63,64)65-54-53-60(3,4)5)57(61)51-49-47-45-43-41-39-21-19-17-15-13-11-9-7-2/h8,10,14,16,20,22,24-25,27-28,30-31,33-34,41,43,49,51,56-57,61H,6-7,9,11-13,15,17-19,21,23,26,29,32,35-40,42,44-48,50,52-55H2,1-5H3,(H-,59,62,63,64)/b10-8-,16-14-,22-20-,25-24-,28-27-,31-30-,34-33-,43-41+,51-49+. The summed E-state index contributed by atoms with van der Waals surface area (Å²) in [5.41, 5.74) is 0. The van der Waals surface area contributed by atoms with Crippen LogP contribution in [0.5, 0.6) is 0 Å². The Morgan fingerprint density at radius 2 is 0.925 bits per heavy atom. The number of aliphatic hydroxyl groups is 1. The molecule has 9 heteroatoms. The van der Waals surface area contributed by atoms with E-state index in [0.717, 1.165) is 96.3 Å². The van der Waals surface area contributed by atoms with Gasteiger partial charge in [-0.25, -0.2) is 0 Å². The lowest BCUT2D eigenvalue weighted by Gasteiger charge is -2.29. The predicted molar refractivity (Wildman–Crippen MR) is 288 cm³/mol. The predicted octanol–water partition coefficient (Wildman–Crippen LogP) is 15.4. The Bertz CT molecular complexity index is 1450. The van der Waals surface area contributed by atoms with E-state index in [1.807, 2.05) is 27.2 Å². The highest BCUT2D eigenvalue weighted by molar-refractivity contribution is 7.45. The zero-order chi connectivity index (χ0) is 49.2. The van der Waals surface area contributed by atoms with E-state index in [-0.39, 0.29) is 12.5 Å². The third-order valence-corrected chi connectivity index (χ3v) is 12.2. The third-order valence-electron chi connectivity index (χ3n) is 11.2. The summed E-state index contributed by atoms with van der Waals surface area (Å²) >= 11 is 0. The number of nitrogens with zero attached hydrogens (tertiary/aromatic N) is 1. The van der Waals surface area contributed by atoms with Crippen LogP contribution in [0.25, 0.3) is 0 Å². The number of hydrogen-bond acceptors (Lipinski definition) is 6. The highest BCUT2D eigenvalue weighted by Gasteiger charge is 2.23. The topological polar surface area (TPSA) is 108 Å². The van der Waals surface area contributed by atoms with Crippen molar-refractivity contribution in [2.24, 2.45) is 0 Å². The summed E-state index contributed by atoms with van der Waals surface area (Å²) in [5.74, 6) is -0.219. The molecule has 0 aliphatic carbocycles. The lowest BCUT2D eigenvalue weighted by Crippen LogP contribution is -2.45. The Kier molecular flexibility index (Phi) is 46.2. The number of nitrogens with one attached hydrogen (secondary N) is 1. The Morgan fingerprint density at radius 3 is 1.39 bits per heavy atom. The van der Waals surface area contributed by atoms with Crippen LogP contribution < -0.4 is 10.2 Å².